The fourth-order valence-corrected chi connectivity index (χ4v) is 3.72. The van der Waals surface area contributed by atoms with Crippen molar-refractivity contribution in [2.45, 2.75) is 43.6 Å². The highest BCUT2D eigenvalue weighted by Gasteiger charge is 2.44. The van der Waals surface area contributed by atoms with Crippen molar-refractivity contribution in [3.63, 3.8) is 0 Å². The molecule has 0 bridgehead atoms. The number of rotatable bonds is 7. The zero-order valence-corrected chi connectivity index (χ0v) is 16.6. The number of methoxy groups -OCH3 is 1. The molecule has 1 aromatic rings. The Kier molecular flexibility index (Phi) is 6.43. The Morgan fingerprint density at radius 2 is 2.00 bits per heavy atom. The van der Waals surface area contributed by atoms with Crippen LogP contribution in [-0.4, -0.2) is 51.5 Å². The fourth-order valence-electron chi connectivity index (χ4n) is 3.52. The highest BCUT2D eigenvalue weighted by molar-refractivity contribution is 6.30. The van der Waals surface area contributed by atoms with Crippen LogP contribution < -0.4 is 10.6 Å². The Morgan fingerprint density at radius 3 is 2.62 bits per heavy atom. The third kappa shape index (κ3) is 4.70. The molecule has 0 amide bonds. The van der Waals surface area contributed by atoms with Crippen LogP contribution in [0.2, 0.25) is 5.02 Å². The van der Waals surface area contributed by atoms with Crippen LogP contribution in [0.4, 0.5) is 0 Å². The summed E-state index contributed by atoms with van der Waals surface area (Å²) in [5, 5.41) is 7.69. The largest absolute Gasteiger partial charge is 0.381 e. The minimum atomic E-state index is -0.204. The SMILES string of the molecule is CCNC(=NCC1(OC)CCOCC1)NCC1(c2cccc(Cl)c2)CC1. The molecule has 5 nitrogen and oxygen atoms in total. The first-order chi connectivity index (χ1) is 12.6. The normalized spacial score (nSPS) is 21.3. The molecule has 1 aliphatic heterocycles. The number of hydrogen-bond donors (Lipinski definition) is 2. The molecule has 0 unspecified atom stereocenters. The van der Waals surface area contributed by atoms with Crippen molar-refractivity contribution in [1.82, 2.24) is 10.6 Å². The van der Waals surface area contributed by atoms with E-state index in [4.69, 9.17) is 26.1 Å². The molecule has 26 heavy (non-hydrogen) atoms. The van der Waals surface area contributed by atoms with E-state index in [-0.39, 0.29) is 11.0 Å². The monoisotopic (exact) mass is 379 g/mol. The Labute approximate surface area is 161 Å². The van der Waals surface area contributed by atoms with Crippen LogP contribution in [0.1, 0.15) is 38.2 Å². The lowest BCUT2D eigenvalue weighted by atomic mass is 9.94. The van der Waals surface area contributed by atoms with Gasteiger partial charge in [-0.2, -0.15) is 0 Å². The number of hydrogen-bond acceptors (Lipinski definition) is 3. The van der Waals surface area contributed by atoms with Gasteiger partial charge in [0.15, 0.2) is 5.96 Å². The lowest BCUT2D eigenvalue weighted by molar-refractivity contribution is -0.0828. The van der Waals surface area contributed by atoms with Crippen molar-refractivity contribution in [3.05, 3.63) is 34.9 Å². The number of ether oxygens (including phenoxy) is 2. The maximum atomic E-state index is 6.18. The number of halogens is 1. The van der Waals surface area contributed by atoms with Gasteiger partial charge in [0.25, 0.3) is 0 Å². The van der Waals surface area contributed by atoms with Gasteiger partial charge < -0.3 is 20.1 Å². The van der Waals surface area contributed by atoms with E-state index in [9.17, 15) is 0 Å². The summed E-state index contributed by atoms with van der Waals surface area (Å²) in [5.41, 5.74) is 1.29. The van der Waals surface area contributed by atoms with E-state index in [1.54, 1.807) is 7.11 Å². The molecule has 0 aromatic heterocycles. The van der Waals surface area contributed by atoms with Crippen LogP contribution in [0.25, 0.3) is 0 Å². The number of aliphatic imine (C=N–C) groups is 1. The number of nitrogens with zero attached hydrogens (tertiary/aromatic N) is 1. The van der Waals surface area contributed by atoms with Crippen molar-refractivity contribution in [2.75, 3.05) is 40.0 Å². The molecule has 1 heterocycles. The van der Waals surface area contributed by atoms with Gasteiger partial charge in [0.2, 0.25) is 0 Å². The second-order valence-corrected chi connectivity index (χ2v) is 7.78. The number of guanidine groups is 1. The fraction of sp³-hybridized carbons (Fsp3) is 0.650. The summed E-state index contributed by atoms with van der Waals surface area (Å²) in [6, 6.07) is 8.22. The van der Waals surface area contributed by atoms with E-state index in [0.29, 0.717) is 6.54 Å². The van der Waals surface area contributed by atoms with E-state index in [2.05, 4.69) is 29.7 Å². The molecule has 3 rings (SSSR count). The zero-order chi connectivity index (χ0) is 18.5. The Morgan fingerprint density at radius 1 is 1.23 bits per heavy atom. The highest BCUT2D eigenvalue weighted by atomic mass is 35.5. The minimum Gasteiger partial charge on any atom is -0.381 e. The Bertz CT molecular complexity index is 625. The van der Waals surface area contributed by atoms with Crippen LogP contribution in [0.15, 0.2) is 29.3 Å². The standard InChI is InChI=1S/C20H30ClN3O2/c1-3-22-18(24-15-20(25-2)9-11-26-12-10-20)23-14-19(7-8-19)16-5-4-6-17(21)13-16/h4-6,13H,3,7-12,14-15H2,1-2H3,(H2,22,23,24). The van der Waals surface area contributed by atoms with Crippen LogP contribution in [-0.2, 0) is 14.9 Å². The Balaban J connectivity index is 1.63. The van der Waals surface area contributed by atoms with Gasteiger partial charge in [-0.05, 0) is 37.5 Å². The first kappa shape index (κ1) is 19.5. The molecule has 0 atom stereocenters. The van der Waals surface area contributed by atoms with E-state index in [1.807, 2.05) is 12.1 Å². The maximum Gasteiger partial charge on any atom is 0.191 e. The van der Waals surface area contributed by atoms with Crippen molar-refractivity contribution >= 4 is 17.6 Å². The van der Waals surface area contributed by atoms with Crippen LogP contribution in [0, 0.1) is 0 Å². The van der Waals surface area contributed by atoms with E-state index >= 15 is 0 Å². The number of nitrogens with one attached hydrogen (secondary N) is 2. The molecule has 1 saturated heterocycles. The van der Waals surface area contributed by atoms with Crippen molar-refractivity contribution in [1.29, 1.82) is 0 Å². The quantitative estimate of drug-likeness (QED) is 0.564. The van der Waals surface area contributed by atoms with Crippen LogP contribution in [0.5, 0.6) is 0 Å². The smallest absolute Gasteiger partial charge is 0.191 e. The molecule has 6 heteroatoms. The summed E-state index contributed by atoms with van der Waals surface area (Å²) in [4.78, 5) is 4.81. The van der Waals surface area contributed by atoms with Gasteiger partial charge in [-0.25, -0.2) is 0 Å². The molecule has 1 aliphatic carbocycles. The van der Waals surface area contributed by atoms with E-state index < -0.39 is 0 Å². The molecule has 0 radical (unpaired) electrons. The molecule has 2 aliphatic rings. The summed E-state index contributed by atoms with van der Waals surface area (Å²) in [6.45, 7) is 5.91. The molecule has 144 valence electrons. The minimum absolute atomic E-state index is 0.179. The van der Waals surface area contributed by atoms with E-state index in [0.717, 1.165) is 50.1 Å². The van der Waals surface area contributed by atoms with Gasteiger partial charge in [0, 0.05) is 56.7 Å². The summed E-state index contributed by atoms with van der Waals surface area (Å²) < 4.78 is 11.3. The summed E-state index contributed by atoms with van der Waals surface area (Å²) in [5.74, 6) is 0.851. The van der Waals surface area contributed by atoms with Crippen LogP contribution >= 0.6 is 11.6 Å². The topological polar surface area (TPSA) is 54.9 Å². The Hall–Kier alpha value is -1.30. The molecule has 1 aromatic carbocycles. The molecule has 0 spiro atoms. The van der Waals surface area contributed by atoms with Gasteiger partial charge >= 0.3 is 0 Å². The zero-order valence-electron chi connectivity index (χ0n) is 15.8. The van der Waals surface area contributed by atoms with Gasteiger partial charge in [0.05, 0.1) is 12.1 Å². The summed E-state index contributed by atoms with van der Waals surface area (Å²) >= 11 is 6.18. The van der Waals surface area contributed by atoms with Gasteiger partial charge in [-0.1, -0.05) is 23.7 Å². The van der Waals surface area contributed by atoms with Crippen molar-refractivity contribution in [3.8, 4) is 0 Å². The third-order valence-electron chi connectivity index (χ3n) is 5.59. The van der Waals surface area contributed by atoms with E-state index in [1.165, 1.54) is 18.4 Å². The van der Waals surface area contributed by atoms with Gasteiger partial charge in [0.1, 0.15) is 0 Å². The van der Waals surface area contributed by atoms with Gasteiger partial charge in [-0.15, -0.1) is 0 Å². The predicted molar refractivity (Wildman–Crippen MR) is 106 cm³/mol. The molecular formula is C20H30ClN3O2. The molecule has 2 fully saturated rings. The second-order valence-electron chi connectivity index (χ2n) is 7.34. The summed E-state index contributed by atoms with van der Waals surface area (Å²) in [7, 11) is 1.78. The summed E-state index contributed by atoms with van der Waals surface area (Å²) in [6.07, 6.45) is 4.13. The predicted octanol–water partition coefficient (Wildman–Crippen LogP) is 3.12. The first-order valence-electron chi connectivity index (χ1n) is 9.53. The van der Waals surface area contributed by atoms with Crippen molar-refractivity contribution < 1.29 is 9.47 Å². The lowest BCUT2D eigenvalue weighted by Crippen LogP contribution is -2.45. The highest BCUT2D eigenvalue weighted by Crippen LogP contribution is 2.48. The third-order valence-corrected chi connectivity index (χ3v) is 5.83. The maximum absolute atomic E-state index is 6.18. The van der Waals surface area contributed by atoms with Gasteiger partial charge in [-0.3, -0.25) is 4.99 Å². The van der Waals surface area contributed by atoms with Crippen molar-refractivity contribution in [2.24, 2.45) is 4.99 Å². The average Bonchev–Trinajstić information content (AvgIpc) is 3.46. The average molecular weight is 380 g/mol. The molecule has 1 saturated carbocycles. The second kappa shape index (κ2) is 8.59. The molecule has 2 N–H and O–H groups in total. The number of benzene rings is 1. The first-order valence-corrected chi connectivity index (χ1v) is 9.90. The van der Waals surface area contributed by atoms with Crippen LogP contribution in [0.3, 0.4) is 0 Å². The molecular weight excluding hydrogens is 350 g/mol. The lowest BCUT2D eigenvalue weighted by Gasteiger charge is -2.34.